The van der Waals surface area contributed by atoms with Gasteiger partial charge in [-0.15, -0.1) is 0 Å². The zero-order valence-corrected chi connectivity index (χ0v) is 19.3. The number of rotatable bonds is 19. The zero-order valence-electron chi connectivity index (χ0n) is 19.3. The molecule has 1 aromatic rings. The lowest BCUT2D eigenvalue weighted by Crippen LogP contribution is -2.11. The second kappa shape index (κ2) is 18.8. The van der Waals surface area contributed by atoms with Crippen molar-refractivity contribution in [3.8, 4) is 0 Å². The molecule has 0 unspecified atom stereocenters. The molecular weight excluding hydrogens is 395 g/mol. The Morgan fingerprint density at radius 3 is 1.81 bits per heavy atom. The van der Waals surface area contributed by atoms with E-state index in [-0.39, 0.29) is 31.2 Å². The first-order chi connectivity index (χ1) is 15.1. The summed E-state index contributed by atoms with van der Waals surface area (Å²) in [7, 11) is 0. The molecule has 5 heteroatoms. The molecule has 0 fully saturated rings. The number of halogens is 1. The average Bonchev–Trinajstić information content (AvgIpc) is 2.76. The first-order valence-corrected chi connectivity index (χ1v) is 12.2. The topological polar surface area (TPSA) is 52.6 Å². The van der Waals surface area contributed by atoms with Crippen molar-refractivity contribution in [3.05, 3.63) is 35.6 Å². The van der Waals surface area contributed by atoms with Crippen LogP contribution in [-0.2, 0) is 25.7 Å². The number of ether oxygens (including phenoxy) is 2. The maximum atomic E-state index is 13.1. The Morgan fingerprint density at radius 1 is 0.742 bits per heavy atom. The quantitative estimate of drug-likeness (QED) is 0.169. The molecule has 0 radical (unpaired) electrons. The lowest BCUT2D eigenvalue weighted by molar-refractivity contribution is -0.151. The Hall–Kier alpha value is -1.91. The Morgan fingerprint density at radius 2 is 1.26 bits per heavy atom. The van der Waals surface area contributed by atoms with Crippen molar-refractivity contribution in [2.45, 2.75) is 110 Å². The number of esters is 2. The van der Waals surface area contributed by atoms with Gasteiger partial charge in [0, 0.05) is 0 Å². The van der Waals surface area contributed by atoms with Crippen LogP contribution < -0.4 is 0 Å². The van der Waals surface area contributed by atoms with Crippen LogP contribution in [0.4, 0.5) is 4.39 Å². The minimum Gasteiger partial charge on any atom is -0.466 e. The van der Waals surface area contributed by atoms with Gasteiger partial charge in [0.05, 0.1) is 19.4 Å². The largest absolute Gasteiger partial charge is 0.466 e. The van der Waals surface area contributed by atoms with Crippen LogP contribution in [0.25, 0.3) is 0 Å². The Balaban J connectivity index is 1.86. The van der Waals surface area contributed by atoms with E-state index < -0.39 is 5.97 Å². The van der Waals surface area contributed by atoms with Crippen LogP contribution >= 0.6 is 0 Å². The molecular formula is C26H41FO4. The molecule has 0 atom stereocenters. The number of unbranched alkanes of at least 4 members (excludes halogenated alkanes) is 12. The van der Waals surface area contributed by atoms with Gasteiger partial charge in [0.25, 0.3) is 0 Å². The van der Waals surface area contributed by atoms with Gasteiger partial charge in [-0.2, -0.15) is 0 Å². The molecule has 4 nitrogen and oxygen atoms in total. The van der Waals surface area contributed by atoms with Crippen molar-refractivity contribution in [2.24, 2.45) is 0 Å². The Labute approximate surface area is 187 Å². The highest BCUT2D eigenvalue weighted by Gasteiger charge is 2.09. The first kappa shape index (κ1) is 27.1. The van der Waals surface area contributed by atoms with Crippen molar-refractivity contribution in [1.29, 1.82) is 0 Å². The van der Waals surface area contributed by atoms with E-state index in [1.54, 1.807) is 12.1 Å². The summed E-state index contributed by atoms with van der Waals surface area (Å²) < 4.78 is 23.3. The average molecular weight is 437 g/mol. The lowest BCUT2D eigenvalue weighted by Gasteiger charge is -2.06. The van der Waals surface area contributed by atoms with E-state index in [0.29, 0.717) is 12.2 Å². The van der Waals surface area contributed by atoms with Gasteiger partial charge < -0.3 is 9.47 Å². The van der Waals surface area contributed by atoms with Crippen molar-refractivity contribution >= 4 is 11.9 Å². The van der Waals surface area contributed by atoms with Gasteiger partial charge in [0.15, 0.2) is 0 Å². The molecule has 0 aromatic heterocycles. The van der Waals surface area contributed by atoms with Crippen molar-refractivity contribution in [1.82, 2.24) is 0 Å². The normalized spacial score (nSPS) is 10.8. The fourth-order valence-electron chi connectivity index (χ4n) is 3.44. The Bertz CT molecular complexity index is 603. The van der Waals surface area contributed by atoms with Crippen LogP contribution in [0.1, 0.15) is 109 Å². The monoisotopic (exact) mass is 436 g/mol. The summed E-state index contributed by atoms with van der Waals surface area (Å²) in [4.78, 5) is 23.4. The van der Waals surface area contributed by atoms with E-state index in [1.165, 1.54) is 82.8 Å². The molecule has 0 spiro atoms. The minimum absolute atomic E-state index is 0.00456. The fraction of sp³-hybridized carbons (Fsp3) is 0.692. The van der Waals surface area contributed by atoms with E-state index >= 15 is 0 Å². The maximum absolute atomic E-state index is 13.1. The molecule has 0 bridgehead atoms. The number of carbonyl (C=O) groups excluding carboxylic acids is 2. The van der Waals surface area contributed by atoms with E-state index in [1.807, 2.05) is 0 Å². The van der Waals surface area contributed by atoms with E-state index in [2.05, 4.69) is 6.92 Å². The summed E-state index contributed by atoms with van der Waals surface area (Å²) in [6, 6.07) is 5.89. The standard InChI is InChI=1S/C26H41FO4/c1-2-3-4-5-6-7-8-9-10-11-12-13-14-20-30-25(28)18-19-26(29)31-22-23-16-15-17-24(27)21-23/h15-17,21H,2-14,18-20,22H2,1H3. The van der Waals surface area contributed by atoms with Gasteiger partial charge in [0.2, 0.25) is 0 Å². The summed E-state index contributed by atoms with van der Waals surface area (Å²) in [5, 5.41) is 0. The van der Waals surface area contributed by atoms with Gasteiger partial charge in [-0.25, -0.2) is 4.39 Å². The molecule has 0 heterocycles. The molecule has 0 aliphatic rings. The SMILES string of the molecule is CCCCCCCCCCCCCCCOC(=O)CCC(=O)OCc1cccc(F)c1. The molecule has 0 aliphatic carbocycles. The predicted molar refractivity (Wildman–Crippen MR) is 122 cm³/mol. The third kappa shape index (κ3) is 16.5. The summed E-state index contributed by atoms with van der Waals surface area (Å²) >= 11 is 0. The van der Waals surface area contributed by atoms with Crippen molar-refractivity contribution in [3.63, 3.8) is 0 Å². The molecule has 176 valence electrons. The highest BCUT2D eigenvalue weighted by Crippen LogP contribution is 2.12. The summed E-state index contributed by atoms with van der Waals surface area (Å²) in [6.07, 6.45) is 16.6. The smallest absolute Gasteiger partial charge is 0.306 e. The van der Waals surface area contributed by atoms with Crippen molar-refractivity contribution < 1.29 is 23.5 Å². The van der Waals surface area contributed by atoms with Gasteiger partial charge >= 0.3 is 11.9 Å². The van der Waals surface area contributed by atoms with Gasteiger partial charge in [-0.3, -0.25) is 9.59 Å². The van der Waals surface area contributed by atoms with Gasteiger partial charge in [0.1, 0.15) is 12.4 Å². The third-order valence-electron chi connectivity index (χ3n) is 5.33. The number of benzene rings is 1. The fourth-order valence-corrected chi connectivity index (χ4v) is 3.44. The van der Waals surface area contributed by atoms with E-state index in [9.17, 15) is 14.0 Å². The maximum Gasteiger partial charge on any atom is 0.306 e. The van der Waals surface area contributed by atoms with Crippen LogP contribution in [0.15, 0.2) is 24.3 Å². The van der Waals surface area contributed by atoms with Gasteiger partial charge in [-0.1, -0.05) is 96.1 Å². The van der Waals surface area contributed by atoms with E-state index in [0.717, 1.165) is 12.8 Å². The molecule has 0 saturated heterocycles. The molecule has 0 N–H and O–H groups in total. The highest BCUT2D eigenvalue weighted by molar-refractivity contribution is 5.77. The molecule has 0 saturated carbocycles. The van der Waals surface area contributed by atoms with Crippen molar-refractivity contribution in [2.75, 3.05) is 6.61 Å². The van der Waals surface area contributed by atoms with Crippen LogP contribution in [0.3, 0.4) is 0 Å². The number of carbonyl (C=O) groups is 2. The van der Waals surface area contributed by atoms with Crippen LogP contribution in [0, 0.1) is 5.82 Å². The van der Waals surface area contributed by atoms with Crippen LogP contribution in [-0.4, -0.2) is 18.5 Å². The third-order valence-corrected chi connectivity index (χ3v) is 5.33. The van der Waals surface area contributed by atoms with Gasteiger partial charge in [-0.05, 0) is 24.1 Å². The van der Waals surface area contributed by atoms with Crippen LogP contribution in [0.2, 0.25) is 0 Å². The predicted octanol–water partition coefficient (Wildman–Crippen LogP) is 7.28. The number of hydrogen-bond donors (Lipinski definition) is 0. The first-order valence-electron chi connectivity index (χ1n) is 12.2. The summed E-state index contributed by atoms with van der Waals surface area (Å²) in [5.41, 5.74) is 0.582. The molecule has 1 rings (SSSR count). The zero-order chi connectivity index (χ0) is 22.6. The number of hydrogen-bond acceptors (Lipinski definition) is 4. The van der Waals surface area contributed by atoms with E-state index in [4.69, 9.17) is 9.47 Å². The molecule has 0 amide bonds. The summed E-state index contributed by atoms with van der Waals surface area (Å²) in [5.74, 6) is -1.23. The highest BCUT2D eigenvalue weighted by atomic mass is 19.1. The molecule has 0 aliphatic heterocycles. The minimum atomic E-state index is -0.484. The summed E-state index contributed by atoms with van der Waals surface area (Å²) in [6.45, 7) is 2.67. The lowest BCUT2D eigenvalue weighted by atomic mass is 10.0. The van der Waals surface area contributed by atoms with Crippen LogP contribution in [0.5, 0.6) is 0 Å². The molecule has 31 heavy (non-hydrogen) atoms. The molecule has 1 aromatic carbocycles. The second-order valence-corrected chi connectivity index (χ2v) is 8.25. The second-order valence-electron chi connectivity index (χ2n) is 8.25. The Kier molecular flexibility index (Phi) is 16.5.